The monoisotopic (exact) mass is 253 g/mol. The van der Waals surface area contributed by atoms with Crippen molar-refractivity contribution in [3.8, 4) is 0 Å². The van der Waals surface area contributed by atoms with Gasteiger partial charge >= 0.3 is 0 Å². The van der Waals surface area contributed by atoms with Crippen molar-refractivity contribution in [1.82, 2.24) is 4.98 Å². The van der Waals surface area contributed by atoms with E-state index >= 15 is 0 Å². The highest BCUT2D eigenvalue weighted by atomic mass is 16.4. The summed E-state index contributed by atoms with van der Waals surface area (Å²) in [5.41, 5.74) is 9.35. The maximum atomic E-state index is 5.78. The van der Waals surface area contributed by atoms with Gasteiger partial charge in [0.2, 0.25) is 0 Å². The van der Waals surface area contributed by atoms with Gasteiger partial charge in [-0.05, 0) is 29.8 Å². The molecule has 4 heteroatoms. The molecule has 19 heavy (non-hydrogen) atoms. The van der Waals surface area contributed by atoms with Crippen LogP contribution in [0.4, 0.5) is 11.7 Å². The molecule has 0 atom stereocenters. The molecule has 1 aromatic heterocycles. The van der Waals surface area contributed by atoms with Gasteiger partial charge in [-0.25, -0.2) is 0 Å². The molecule has 0 fully saturated rings. The van der Waals surface area contributed by atoms with Gasteiger partial charge in [0.1, 0.15) is 5.52 Å². The fourth-order valence-electron chi connectivity index (χ4n) is 2.06. The molecule has 0 aliphatic carbocycles. The van der Waals surface area contributed by atoms with Crippen molar-refractivity contribution in [2.24, 2.45) is 0 Å². The molecule has 0 radical (unpaired) electrons. The number of nitrogen functional groups attached to an aromatic ring is 1. The summed E-state index contributed by atoms with van der Waals surface area (Å²) in [7, 11) is 1.95. The van der Waals surface area contributed by atoms with E-state index in [2.05, 4.69) is 4.98 Å². The van der Waals surface area contributed by atoms with Crippen molar-refractivity contribution in [2.45, 2.75) is 6.54 Å². The van der Waals surface area contributed by atoms with E-state index in [1.54, 1.807) is 0 Å². The third kappa shape index (κ3) is 2.38. The Bertz CT molecular complexity index is 672. The summed E-state index contributed by atoms with van der Waals surface area (Å²) in [6, 6.07) is 16.2. The first-order chi connectivity index (χ1) is 9.22. The van der Waals surface area contributed by atoms with E-state index in [0.29, 0.717) is 12.6 Å². The van der Waals surface area contributed by atoms with Gasteiger partial charge in [-0.1, -0.05) is 24.3 Å². The first-order valence-corrected chi connectivity index (χ1v) is 6.13. The molecular formula is C15H15N3O. The zero-order valence-corrected chi connectivity index (χ0v) is 10.7. The first-order valence-electron chi connectivity index (χ1n) is 6.13. The maximum absolute atomic E-state index is 5.78. The Balaban J connectivity index is 1.85. The predicted octanol–water partition coefficient (Wildman–Crippen LogP) is 3.05. The Morgan fingerprint density at radius 1 is 1.16 bits per heavy atom. The Morgan fingerprint density at radius 3 is 2.79 bits per heavy atom. The number of hydrogen-bond acceptors (Lipinski definition) is 4. The van der Waals surface area contributed by atoms with Gasteiger partial charge in [-0.3, -0.25) is 0 Å². The van der Waals surface area contributed by atoms with Crippen molar-refractivity contribution >= 4 is 22.8 Å². The molecule has 96 valence electrons. The van der Waals surface area contributed by atoms with Crippen molar-refractivity contribution in [2.75, 3.05) is 17.7 Å². The van der Waals surface area contributed by atoms with Crippen LogP contribution in [0, 0.1) is 0 Å². The summed E-state index contributed by atoms with van der Waals surface area (Å²) in [4.78, 5) is 6.43. The molecule has 4 nitrogen and oxygen atoms in total. The van der Waals surface area contributed by atoms with E-state index < -0.39 is 0 Å². The number of nitrogens with two attached hydrogens (primary N) is 1. The zero-order chi connectivity index (χ0) is 13.2. The smallest absolute Gasteiger partial charge is 0.298 e. The van der Waals surface area contributed by atoms with Gasteiger partial charge < -0.3 is 15.1 Å². The van der Waals surface area contributed by atoms with Gasteiger partial charge in [0.05, 0.1) is 0 Å². The maximum Gasteiger partial charge on any atom is 0.298 e. The first kappa shape index (κ1) is 11.6. The van der Waals surface area contributed by atoms with Crippen LogP contribution in [0.15, 0.2) is 52.9 Å². The second-order valence-electron chi connectivity index (χ2n) is 4.57. The molecule has 2 aromatic carbocycles. The highest BCUT2D eigenvalue weighted by Gasteiger charge is 2.10. The number of hydrogen-bond donors (Lipinski definition) is 1. The second kappa shape index (κ2) is 4.65. The number of oxazole rings is 1. The van der Waals surface area contributed by atoms with Crippen molar-refractivity contribution in [3.05, 3.63) is 54.1 Å². The Morgan fingerprint density at radius 2 is 2.00 bits per heavy atom. The lowest BCUT2D eigenvalue weighted by Gasteiger charge is -2.14. The molecule has 0 amide bonds. The van der Waals surface area contributed by atoms with E-state index in [0.717, 1.165) is 22.4 Å². The standard InChI is InChI=1S/C15H15N3O/c1-18(10-11-5-4-6-12(16)9-11)15-17-13-7-2-3-8-14(13)19-15/h2-9H,10,16H2,1H3. The van der Waals surface area contributed by atoms with Crippen LogP contribution in [0.25, 0.3) is 11.1 Å². The SMILES string of the molecule is CN(Cc1cccc(N)c1)c1nc2ccccc2o1. The minimum Gasteiger partial charge on any atom is -0.423 e. The molecule has 3 rings (SSSR count). The summed E-state index contributed by atoms with van der Waals surface area (Å²) in [5, 5.41) is 0. The van der Waals surface area contributed by atoms with Crippen LogP contribution >= 0.6 is 0 Å². The summed E-state index contributed by atoms with van der Waals surface area (Å²) < 4.78 is 5.72. The Hall–Kier alpha value is -2.49. The van der Waals surface area contributed by atoms with E-state index in [-0.39, 0.29) is 0 Å². The minimum absolute atomic E-state index is 0.614. The molecule has 3 aromatic rings. The van der Waals surface area contributed by atoms with Crippen molar-refractivity contribution in [1.29, 1.82) is 0 Å². The van der Waals surface area contributed by atoms with Crippen molar-refractivity contribution < 1.29 is 4.42 Å². The number of anilines is 2. The fourth-order valence-corrected chi connectivity index (χ4v) is 2.06. The van der Waals surface area contributed by atoms with Crippen LogP contribution in [0.2, 0.25) is 0 Å². The lowest BCUT2D eigenvalue weighted by atomic mass is 10.2. The average Bonchev–Trinajstić information content (AvgIpc) is 2.82. The Kier molecular flexibility index (Phi) is 2.83. The molecular weight excluding hydrogens is 238 g/mol. The summed E-state index contributed by atoms with van der Waals surface area (Å²) in [6.45, 7) is 0.706. The molecule has 0 aliphatic rings. The number of para-hydroxylation sites is 2. The van der Waals surface area contributed by atoms with Crippen LogP contribution in [0.5, 0.6) is 0 Å². The second-order valence-corrected chi connectivity index (χ2v) is 4.57. The topological polar surface area (TPSA) is 55.3 Å². The normalized spacial score (nSPS) is 10.8. The fraction of sp³-hybridized carbons (Fsp3) is 0.133. The third-order valence-corrected chi connectivity index (χ3v) is 2.98. The van der Waals surface area contributed by atoms with Crippen LogP contribution < -0.4 is 10.6 Å². The van der Waals surface area contributed by atoms with Gasteiger partial charge in [-0.15, -0.1) is 0 Å². The van der Waals surface area contributed by atoms with Gasteiger partial charge in [-0.2, -0.15) is 4.98 Å². The number of benzene rings is 2. The highest BCUT2D eigenvalue weighted by molar-refractivity contribution is 5.74. The van der Waals surface area contributed by atoms with E-state index in [9.17, 15) is 0 Å². The molecule has 1 heterocycles. The van der Waals surface area contributed by atoms with Gasteiger partial charge in [0, 0.05) is 19.3 Å². The van der Waals surface area contributed by atoms with Gasteiger partial charge in [0.15, 0.2) is 5.58 Å². The lowest BCUT2D eigenvalue weighted by Crippen LogP contribution is -2.16. The zero-order valence-electron chi connectivity index (χ0n) is 10.7. The Labute approximate surface area is 111 Å². The minimum atomic E-state index is 0.614. The highest BCUT2D eigenvalue weighted by Crippen LogP contribution is 2.22. The number of rotatable bonds is 3. The quantitative estimate of drug-likeness (QED) is 0.729. The molecule has 2 N–H and O–H groups in total. The molecule has 0 aliphatic heterocycles. The molecule has 0 bridgehead atoms. The van der Waals surface area contributed by atoms with Crippen LogP contribution in [-0.2, 0) is 6.54 Å². The summed E-state index contributed by atoms with van der Waals surface area (Å²) in [6.07, 6.45) is 0. The van der Waals surface area contributed by atoms with Crippen LogP contribution in [0.3, 0.4) is 0 Å². The third-order valence-electron chi connectivity index (χ3n) is 2.98. The van der Waals surface area contributed by atoms with Crippen LogP contribution in [0.1, 0.15) is 5.56 Å². The van der Waals surface area contributed by atoms with E-state index in [1.165, 1.54) is 0 Å². The average molecular weight is 253 g/mol. The van der Waals surface area contributed by atoms with Crippen molar-refractivity contribution in [3.63, 3.8) is 0 Å². The summed E-state index contributed by atoms with van der Waals surface area (Å²) in [5.74, 6) is 0. The van der Waals surface area contributed by atoms with Crippen LogP contribution in [-0.4, -0.2) is 12.0 Å². The molecule has 0 saturated heterocycles. The molecule has 0 saturated carbocycles. The van der Waals surface area contributed by atoms with Gasteiger partial charge in [0.25, 0.3) is 6.01 Å². The van der Waals surface area contributed by atoms with E-state index in [4.69, 9.17) is 10.2 Å². The largest absolute Gasteiger partial charge is 0.423 e. The molecule has 0 spiro atoms. The number of fused-ring (bicyclic) bond motifs is 1. The molecule has 0 unspecified atom stereocenters. The van der Waals surface area contributed by atoms with E-state index in [1.807, 2.05) is 60.5 Å². The number of nitrogens with zero attached hydrogens (tertiary/aromatic N) is 2. The summed E-state index contributed by atoms with van der Waals surface area (Å²) >= 11 is 0. The number of aromatic nitrogens is 1. The predicted molar refractivity (Wildman–Crippen MR) is 77.0 cm³/mol. The lowest BCUT2D eigenvalue weighted by molar-refractivity contribution is 0.582.